The van der Waals surface area contributed by atoms with Crippen LogP contribution in [-0.2, 0) is 21.1 Å². The normalized spacial score (nSPS) is 11.8. The van der Waals surface area contributed by atoms with Crippen LogP contribution < -0.4 is 0 Å². The van der Waals surface area contributed by atoms with Gasteiger partial charge in [-0.05, 0) is 74.2 Å². The van der Waals surface area contributed by atoms with E-state index in [0.29, 0.717) is 0 Å². The quantitative estimate of drug-likeness (QED) is 0.132. The summed E-state index contributed by atoms with van der Waals surface area (Å²) in [6.07, 6.45) is 3.70. The van der Waals surface area contributed by atoms with Crippen LogP contribution in [0.1, 0.15) is 0 Å². The molecular formula is C45H25N5Pt. The molecule has 5 nitrogen and oxygen atoms in total. The van der Waals surface area contributed by atoms with Crippen molar-refractivity contribution in [3.8, 4) is 22.8 Å². The summed E-state index contributed by atoms with van der Waals surface area (Å²) in [5.74, 6) is 0.858. The van der Waals surface area contributed by atoms with Gasteiger partial charge in [-0.2, -0.15) is 6.07 Å². The Morgan fingerprint density at radius 3 is 1.94 bits per heavy atom. The maximum absolute atomic E-state index is 5.09. The van der Waals surface area contributed by atoms with Gasteiger partial charge in [0.05, 0.1) is 11.0 Å². The maximum Gasteiger partial charge on any atom is 2.00 e. The van der Waals surface area contributed by atoms with Crippen LogP contribution in [0, 0.1) is 12.1 Å². The Morgan fingerprint density at radius 1 is 0.471 bits per heavy atom. The van der Waals surface area contributed by atoms with Gasteiger partial charge in [0, 0.05) is 29.1 Å². The second-order valence-corrected chi connectivity index (χ2v) is 12.8. The molecule has 0 saturated heterocycles. The molecule has 7 aromatic carbocycles. The molecule has 0 fully saturated rings. The predicted molar refractivity (Wildman–Crippen MR) is 204 cm³/mol. The molecule has 0 bridgehead atoms. The molecule has 51 heavy (non-hydrogen) atoms. The minimum Gasteiger partial charge on any atom is -0.352 e. The van der Waals surface area contributed by atoms with Gasteiger partial charge in [0.15, 0.2) is 0 Å². The fraction of sp³-hybridized carbons (Fsp3) is 0. The van der Waals surface area contributed by atoms with E-state index < -0.39 is 0 Å². The van der Waals surface area contributed by atoms with Gasteiger partial charge in [-0.15, -0.1) is 41.3 Å². The number of pyridine rings is 1. The molecule has 6 heteroatoms. The monoisotopic (exact) mass is 830 g/mol. The molecule has 240 valence electrons. The number of fused-ring (bicyclic) bond motifs is 9. The van der Waals surface area contributed by atoms with Gasteiger partial charge in [-0.3, -0.25) is 9.97 Å². The SMILES string of the molecule is [Pt+2].[c-]1c(-c2cnc3cc4ccccc4cc3n2)ccc2c3cc4ccccc4cc3n(-c3[c-]c4c(cc3)c3ccccc3n4-c3ccccn3)c12. The van der Waals surface area contributed by atoms with E-state index in [9.17, 15) is 0 Å². The Labute approximate surface area is 306 Å². The van der Waals surface area contributed by atoms with Crippen molar-refractivity contribution in [3.05, 3.63) is 164 Å². The Balaban J connectivity index is 0.00000327. The van der Waals surface area contributed by atoms with Crippen LogP contribution in [0.2, 0.25) is 0 Å². The summed E-state index contributed by atoms with van der Waals surface area (Å²) in [6.45, 7) is 0. The number of benzene rings is 7. The van der Waals surface area contributed by atoms with Crippen LogP contribution in [0.5, 0.6) is 0 Å². The number of hydrogen-bond donors (Lipinski definition) is 0. The largest absolute Gasteiger partial charge is 2.00 e. The molecule has 0 atom stereocenters. The van der Waals surface area contributed by atoms with E-state index in [-0.39, 0.29) is 21.1 Å². The van der Waals surface area contributed by atoms with Gasteiger partial charge in [0.2, 0.25) is 0 Å². The van der Waals surface area contributed by atoms with E-state index in [1.807, 2.05) is 30.6 Å². The molecule has 0 unspecified atom stereocenters. The van der Waals surface area contributed by atoms with Crippen LogP contribution in [-0.4, -0.2) is 24.1 Å². The minimum atomic E-state index is 0. The molecule has 11 rings (SSSR count). The van der Waals surface area contributed by atoms with Gasteiger partial charge in [-0.1, -0.05) is 95.5 Å². The van der Waals surface area contributed by atoms with Crippen LogP contribution in [0.15, 0.2) is 152 Å². The van der Waals surface area contributed by atoms with Crippen LogP contribution in [0.4, 0.5) is 0 Å². The molecule has 0 amide bonds. The zero-order chi connectivity index (χ0) is 32.8. The van der Waals surface area contributed by atoms with Crippen molar-refractivity contribution >= 4 is 76.2 Å². The van der Waals surface area contributed by atoms with Crippen molar-refractivity contribution in [2.45, 2.75) is 0 Å². The zero-order valence-corrected chi connectivity index (χ0v) is 29.3. The van der Waals surface area contributed by atoms with E-state index in [0.717, 1.165) is 82.8 Å². The second-order valence-electron chi connectivity index (χ2n) is 12.8. The number of rotatable bonds is 3. The van der Waals surface area contributed by atoms with Crippen molar-refractivity contribution in [1.82, 2.24) is 24.1 Å². The first-order chi connectivity index (χ1) is 24.8. The number of nitrogens with zero attached hydrogens (tertiary/aromatic N) is 5. The topological polar surface area (TPSA) is 48.5 Å². The second kappa shape index (κ2) is 11.4. The summed E-state index contributed by atoms with van der Waals surface area (Å²) in [5.41, 5.74) is 8.47. The van der Waals surface area contributed by atoms with Crippen molar-refractivity contribution in [3.63, 3.8) is 0 Å². The molecular weight excluding hydrogens is 806 g/mol. The third-order valence-corrected chi connectivity index (χ3v) is 9.92. The van der Waals surface area contributed by atoms with Crippen molar-refractivity contribution < 1.29 is 21.1 Å². The smallest absolute Gasteiger partial charge is 0.352 e. The van der Waals surface area contributed by atoms with Gasteiger partial charge < -0.3 is 9.13 Å². The molecule has 0 N–H and O–H groups in total. The summed E-state index contributed by atoms with van der Waals surface area (Å²) >= 11 is 0. The van der Waals surface area contributed by atoms with E-state index in [1.165, 1.54) is 16.2 Å². The molecule has 4 heterocycles. The summed E-state index contributed by atoms with van der Waals surface area (Å²) in [7, 11) is 0. The van der Waals surface area contributed by atoms with E-state index in [1.54, 1.807) is 0 Å². The van der Waals surface area contributed by atoms with Crippen molar-refractivity contribution in [2.75, 3.05) is 0 Å². The standard InChI is InChI=1S/C45H25N5.Pt/c1-4-12-31-24-43-37(21-28(31)9-1)36-18-16-32(40-27-47-38-22-29-10-2-3-11-30(29)23-39(38)48-40)25-42(36)49(43)33-17-19-35-34-13-5-6-14-41(34)50(44(35)26-33)45-15-7-8-20-46-45;/h1-24,27H;/q-2;+2. The third-order valence-electron chi connectivity index (χ3n) is 9.92. The summed E-state index contributed by atoms with van der Waals surface area (Å²) < 4.78 is 4.50. The minimum absolute atomic E-state index is 0. The van der Waals surface area contributed by atoms with Gasteiger partial charge >= 0.3 is 21.1 Å². The zero-order valence-electron chi connectivity index (χ0n) is 27.0. The molecule has 0 aliphatic rings. The average molecular weight is 831 g/mol. The molecule has 0 aliphatic heterocycles. The van der Waals surface area contributed by atoms with E-state index in [4.69, 9.17) is 15.0 Å². The van der Waals surface area contributed by atoms with Crippen LogP contribution in [0.25, 0.3) is 99.0 Å². The Bertz CT molecular complexity index is 3160. The Morgan fingerprint density at radius 2 is 1.14 bits per heavy atom. The van der Waals surface area contributed by atoms with E-state index in [2.05, 4.69) is 143 Å². The Hall–Kier alpha value is -6.16. The van der Waals surface area contributed by atoms with Crippen molar-refractivity contribution in [2.24, 2.45) is 0 Å². The Kier molecular flexibility index (Phi) is 6.67. The first kappa shape index (κ1) is 29.7. The first-order valence-electron chi connectivity index (χ1n) is 16.7. The summed E-state index contributed by atoms with van der Waals surface area (Å²) in [5, 5.41) is 9.26. The van der Waals surface area contributed by atoms with Crippen molar-refractivity contribution in [1.29, 1.82) is 0 Å². The first-order valence-corrected chi connectivity index (χ1v) is 16.7. The average Bonchev–Trinajstić information content (AvgIpc) is 3.67. The summed E-state index contributed by atoms with van der Waals surface area (Å²) in [6, 6.07) is 56.5. The number of para-hydroxylation sites is 1. The molecule has 0 saturated carbocycles. The number of aromatic nitrogens is 5. The van der Waals surface area contributed by atoms with Gasteiger partial charge in [0.25, 0.3) is 0 Å². The van der Waals surface area contributed by atoms with Gasteiger partial charge in [0.1, 0.15) is 5.82 Å². The predicted octanol–water partition coefficient (Wildman–Crippen LogP) is 10.8. The molecule has 11 aromatic rings. The summed E-state index contributed by atoms with van der Waals surface area (Å²) in [4.78, 5) is 14.7. The third kappa shape index (κ3) is 4.55. The number of hydrogen-bond acceptors (Lipinski definition) is 3. The van der Waals surface area contributed by atoms with Gasteiger partial charge in [-0.25, -0.2) is 4.98 Å². The fourth-order valence-corrected chi connectivity index (χ4v) is 7.59. The van der Waals surface area contributed by atoms with Crippen LogP contribution in [0.3, 0.4) is 0 Å². The fourth-order valence-electron chi connectivity index (χ4n) is 7.59. The van der Waals surface area contributed by atoms with E-state index >= 15 is 0 Å². The molecule has 0 spiro atoms. The molecule has 0 radical (unpaired) electrons. The van der Waals surface area contributed by atoms with Crippen LogP contribution >= 0.6 is 0 Å². The molecule has 0 aliphatic carbocycles. The maximum atomic E-state index is 5.09. The molecule has 4 aromatic heterocycles.